The number of primary amides is 1. The van der Waals surface area contributed by atoms with Crippen molar-refractivity contribution in [2.75, 3.05) is 13.2 Å². The summed E-state index contributed by atoms with van der Waals surface area (Å²) in [5.74, 6) is -5.04. The van der Waals surface area contributed by atoms with E-state index in [9.17, 15) is 34.2 Å². The summed E-state index contributed by atoms with van der Waals surface area (Å²) >= 11 is 0. The third-order valence-electron chi connectivity index (χ3n) is 4.27. The molecule has 0 aliphatic carbocycles. The van der Waals surface area contributed by atoms with Gasteiger partial charge in [-0.2, -0.15) is 0 Å². The lowest BCUT2D eigenvalue weighted by Crippen LogP contribution is -2.60. The number of carboxylic acid groups (broad SMARTS) is 1. The zero-order valence-electron chi connectivity index (χ0n) is 15.9. The van der Waals surface area contributed by atoms with Gasteiger partial charge in [-0.1, -0.05) is 0 Å². The van der Waals surface area contributed by atoms with Gasteiger partial charge in [0.25, 0.3) is 0 Å². The molecule has 0 aromatic rings. The molecule has 0 bridgehead atoms. The van der Waals surface area contributed by atoms with E-state index in [1.807, 2.05) is 5.32 Å². The standard InChI is InChI=1S/C16H27N5O8/c1-7(23)12(21-13(25)8-3-2-4-18-8)15(27)20-10(6-22)14(26)19-9(16(28)29)5-11(17)24/h7-10,12,18,22-23H,2-6H2,1H3,(H2,17,24)(H,19,26)(H,20,27)(H,21,25)(H,28,29). The van der Waals surface area contributed by atoms with Gasteiger partial charge in [0.1, 0.15) is 18.1 Å². The Morgan fingerprint density at radius 3 is 2.17 bits per heavy atom. The van der Waals surface area contributed by atoms with Crippen molar-refractivity contribution in [1.82, 2.24) is 21.3 Å². The van der Waals surface area contributed by atoms with E-state index in [0.29, 0.717) is 13.0 Å². The van der Waals surface area contributed by atoms with Gasteiger partial charge in [-0.15, -0.1) is 0 Å². The van der Waals surface area contributed by atoms with Crippen LogP contribution in [-0.2, 0) is 24.0 Å². The Bertz CT molecular complexity index is 635. The Hall–Kier alpha value is -2.77. The van der Waals surface area contributed by atoms with Crippen molar-refractivity contribution < 1.29 is 39.3 Å². The summed E-state index contributed by atoms with van der Waals surface area (Å²) in [4.78, 5) is 58.8. The SMILES string of the molecule is CC(O)C(NC(=O)C1CCCN1)C(=O)NC(CO)C(=O)NC(CC(N)=O)C(=O)O. The number of aliphatic hydroxyl groups is 2. The molecule has 1 fully saturated rings. The molecule has 13 nitrogen and oxygen atoms in total. The average molecular weight is 417 g/mol. The molecule has 5 unspecified atom stereocenters. The summed E-state index contributed by atoms with van der Waals surface area (Å²) < 4.78 is 0. The van der Waals surface area contributed by atoms with Gasteiger partial charge in [-0.05, 0) is 26.3 Å². The second kappa shape index (κ2) is 11.3. The molecule has 9 N–H and O–H groups in total. The lowest BCUT2D eigenvalue weighted by molar-refractivity contribution is -0.144. The maximum Gasteiger partial charge on any atom is 0.326 e. The Labute approximate surface area is 166 Å². The number of carboxylic acids is 1. The molecule has 1 heterocycles. The van der Waals surface area contributed by atoms with Crippen LogP contribution in [0.2, 0.25) is 0 Å². The molecular weight excluding hydrogens is 390 g/mol. The van der Waals surface area contributed by atoms with Crippen molar-refractivity contribution in [3.63, 3.8) is 0 Å². The molecule has 0 aromatic carbocycles. The highest BCUT2D eigenvalue weighted by Gasteiger charge is 2.33. The van der Waals surface area contributed by atoms with E-state index in [0.717, 1.165) is 6.42 Å². The highest BCUT2D eigenvalue weighted by Crippen LogP contribution is 2.06. The second-order valence-corrected chi connectivity index (χ2v) is 6.69. The van der Waals surface area contributed by atoms with Gasteiger partial charge in [0.2, 0.25) is 23.6 Å². The average Bonchev–Trinajstić information content (AvgIpc) is 3.17. The van der Waals surface area contributed by atoms with Gasteiger partial charge < -0.3 is 42.3 Å². The number of aliphatic hydroxyl groups excluding tert-OH is 2. The monoisotopic (exact) mass is 417 g/mol. The Morgan fingerprint density at radius 1 is 1.10 bits per heavy atom. The lowest BCUT2D eigenvalue weighted by Gasteiger charge is -2.25. The zero-order valence-corrected chi connectivity index (χ0v) is 15.9. The number of aliphatic carboxylic acids is 1. The van der Waals surface area contributed by atoms with Crippen LogP contribution in [0.25, 0.3) is 0 Å². The summed E-state index contributed by atoms with van der Waals surface area (Å²) in [5.41, 5.74) is 4.92. The van der Waals surface area contributed by atoms with Crippen molar-refractivity contribution in [3.05, 3.63) is 0 Å². The number of amides is 4. The minimum Gasteiger partial charge on any atom is -0.480 e. The van der Waals surface area contributed by atoms with Crippen LogP contribution >= 0.6 is 0 Å². The maximum atomic E-state index is 12.4. The van der Waals surface area contributed by atoms with Crippen molar-refractivity contribution in [1.29, 1.82) is 0 Å². The molecule has 0 spiro atoms. The van der Waals surface area contributed by atoms with Crippen LogP contribution in [0, 0.1) is 0 Å². The molecule has 5 atom stereocenters. The van der Waals surface area contributed by atoms with Gasteiger partial charge >= 0.3 is 5.97 Å². The quantitative estimate of drug-likeness (QED) is 0.162. The van der Waals surface area contributed by atoms with E-state index < -0.39 is 72.9 Å². The van der Waals surface area contributed by atoms with Gasteiger partial charge in [-0.3, -0.25) is 19.2 Å². The predicted octanol–water partition coefficient (Wildman–Crippen LogP) is -4.47. The molecule has 0 radical (unpaired) electrons. The van der Waals surface area contributed by atoms with Crippen LogP contribution in [0.3, 0.4) is 0 Å². The Morgan fingerprint density at radius 2 is 1.72 bits per heavy atom. The first kappa shape index (κ1) is 24.3. The Balaban J connectivity index is 2.76. The number of hydrogen-bond acceptors (Lipinski definition) is 8. The van der Waals surface area contributed by atoms with Crippen LogP contribution in [0.15, 0.2) is 0 Å². The molecule has 13 heteroatoms. The minimum absolute atomic E-state index is 0.499. The fourth-order valence-electron chi connectivity index (χ4n) is 2.70. The van der Waals surface area contributed by atoms with Crippen molar-refractivity contribution in [2.45, 2.75) is 56.5 Å². The molecule has 1 saturated heterocycles. The summed E-state index contributed by atoms with van der Waals surface area (Å²) in [6, 6.07) is -5.15. The summed E-state index contributed by atoms with van der Waals surface area (Å²) in [6.45, 7) is 1.01. The van der Waals surface area contributed by atoms with E-state index in [-0.39, 0.29) is 0 Å². The number of hydrogen-bond donors (Lipinski definition) is 8. The van der Waals surface area contributed by atoms with E-state index in [2.05, 4.69) is 16.0 Å². The number of nitrogens with two attached hydrogens (primary N) is 1. The molecule has 1 rings (SSSR count). The molecule has 164 valence electrons. The maximum absolute atomic E-state index is 12.4. The third kappa shape index (κ3) is 7.63. The normalized spacial score (nSPS) is 20.0. The van der Waals surface area contributed by atoms with E-state index in [1.165, 1.54) is 6.92 Å². The number of carbonyl (C=O) groups excluding carboxylic acids is 4. The highest BCUT2D eigenvalue weighted by molar-refractivity contribution is 5.95. The van der Waals surface area contributed by atoms with Crippen molar-refractivity contribution >= 4 is 29.6 Å². The van der Waals surface area contributed by atoms with Crippen LogP contribution in [0.4, 0.5) is 0 Å². The fraction of sp³-hybridized carbons (Fsp3) is 0.688. The predicted molar refractivity (Wildman–Crippen MR) is 97.0 cm³/mol. The highest BCUT2D eigenvalue weighted by atomic mass is 16.4. The first-order valence-electron chi connectivity index (χ1n) is 9.01. The largest absolute Gasteiger partial charge is 0.480 e. The van der Waals surface area contributed by atoms with Crippen molar-refractivity contribution in [2.24, 2.45) is 5.73 Å². The first-order valence-corrected chi connectivity index (χ1v) is 9.01. The van der Waals surface area contributed by atoms with Gasteiger partial charge in [0, 0.05) is 0 Å². The summed E-state index contributed by atoms with van der Waals surface area (Å²) in [6.07, 6.45) is -0.650. The number of carbonyl (C=O) groups is 5. The topological polar surface area (TPSA) is 220 Å². The van der Waals surface area contributed by atoms with Crippen LogP contribution < -0.4 is 27.0 Å². The molecule has 29 heavy (non-hydrogen) atoms. The molecule has 1 aliphatic heterocycles. The summed E-state index contributed by atoms with van der Waals surface area (Å²) in [5, 5.41) is 37.7. The zero-order chi connectivity index (χ0) is 22.1. The summed E-state index contributed by atoms with van der Waals surface area (Å²) in [7, 11) is 0. The van der Waals surface area contributed by atoms with E-state index in [1.54, 1.807) is 0 Å². The van der Waals surface area contributed by atoms with E-state index >= 15 is 0 Å². The van der Waals surface area contributed by atoms with Gasteiger partial charge in [0.15, 0.2) is 0 Å². The molecule has 1 aliphatic rings. The van der Waals surface area contributed by atoms with Crippen molar-refractivity contribution in [3.8, 4) is 0 Å². The Kier molecular flexibility index (Phi) is 9.44. The van der Waals surface area contributed by atoms with Gasteiger partial charge in [-0.25, -0.2) is 4.79 Å². The second-order valence-electron chi connectivity index (χ2n) is 6.69. The van der Waals surface area contributed by atoms with Crippen LogP contribution in [-0.4, -0.2) is 88.3 Å². The fourth-order valence-corrected chi connectivity index (χ4v) is 2.70. The molecular formula is C16H27N5O8. The molecule has 0 saturated carbocycles. The third-order valence-corrected chi connectivity index (χ3v) is 4.27. The number of nitrogens with one attached hydrogen (secondary N) is 4. The number of rotatable bonds is 11. The minimum atomic E-state index is -1.65. The van der Waals surface area contributed by atoms with E-state index in [4.69, 9.17) is 10.8 Å². The lowest BCUT2D eigenvalue weighted by atomic mass is 10.1. The molecule has 4 amide bonds. The van der Waals surface area contributed by atoms with Gasteiger partial charge in [0.05, 0.1) is 25.2 Å². The van der Waals surface area contributed by atoms with Crippen LogP contribution in [0.5, 0.6) is 0 Å². The molecule has 0 aromatic heterocycles. The first-order chi connectivity index (χ1) is 13.6. The van der Waals surface area contributed by atoms with Crippen LogP contribution in [0.1, 0.15) is 26.2 Å². The smallest absolute Gasteiger partial charge is 0.326 e.